The maximum Gasteiger partial charge on any atom is 0.224 e. The third-order valence-electron chi connectivity index (χ3n) is 2.30. The van der Waals surface area contributed by atoms with Crippen molar-refractivity contribution in [3.8, 4) is 17.4 Å². The van der Waals surface area contributed by atoms with Gasteiger partial charge in [-0.25, -0.2) is 9.97 Å². The second-order valence-electron chi connectivity index (χ2n) is 3.11. The van der Waals surface area contributed by atoms with Crippen LogP contribution in [0.25, 0.3) is 10.9 Å². The molecule has 1 heterocycles. The SMILES string of the molecule is COc1cc2ncnc(OC)c2cc1OC. The fraction of sp³-hybridized carbons (Fsp3) is 0.273. The first-order chi connectivity index (χ1) is 7.80. The monoisotopic (exact) mass is 220 g/mol. The molecule has 0 radical (unpaired) electrons. The van der Waals surface area contributed by atoms with Gasteiger partial charge in [0.05, 0.1) is 32.2 Å². The third kappa shape index (κ3) is 1.60. The molecule has 84 valence electrons. The minimum Gasteiger partial charge on any atom is -0.493 e. The number of aromatic nitrogens is 2. The summed E-state index contributed by atoms with van der Waals surface area (Å²) in [5, 5.41) is 0.794. The first-order valence-corrected chi connectivity index (χ1v) is 4.71. The molecule has 5 heteroatoms. The molecule has 0 N–H and O–H groups in total. The number of ether oxygens (including phenoxy) is 3. The Morgan fingerprint density at radius 1 is 0.875 bits per heavy atom. The lowest BCUT2D eigenvalue weighted by molar-refractivity contribution is 0.355. The highest BCUT2D eigenvalue weighted by Gasteiger charge is 2.10. The molecular weight excluding hydrogens is 208 g/mol. The molecule has 1 aromatic carbocycles. The molecule has 5 nitrogen and oxygen atoms in total. The molecule has 0 spiro atoms. The van der Waals surface area contributed by atoms with Crippen LogP contribution in [0.2, 0.25) is 0 Å². The van der Waals surface area contributed by atoms with Crippen LogP contribution in [0.3, 0.4) is 0 Å². The first-order valence-electron chi connectivity index (χ1n) is 4.71. The summed E-state index contributed by atoms with van der Waals surface area (Å²) in [4.78, 5) is 8.17. The fourth-order valence-electron chi connectivity index (χ4n) is 1.52. The van der Waals surface area contributed by atoms with Gasteiger partial charge in [-0.2, -0.15) is 0 Å². The summed E-state index contributed by atoms with van der Waals surface area (Å²) >= 11 is 0. The standard InChI is InChI=1S/C11H12N2O3/c1-14-9-4-7-8(5-10(9)15-2)12-6-13-11(7)16-3/h4-6H,1-3H3. The van der Waals surface area contributed by atoms with Crippen molar-refractivity contribution < 1.29 is 14.2 Å². The molecule has 0 bridgehead atoms. The van der Waals surface area contributed by atoms with Gasteiger partial charge in [0.2, 0.25) is 5.88 Å². The van der Waals surface area contributed by atoms with E-state index in [9.17, 15) is 0 Å². The van der Waals surface area contributed by atoms with Gasteiger partial charge in [0.1, 0.15) is 6.33 Å². The zero-order chi connectivity index (χ0) is 11.5. The molecule has 16 heavy (non-hydrogen) atoms. The van der Waals surface area contributed by atoms with Crippen molar-refractivity contribution in [2.45, 2.75) is 0 Å². The number of methoxy groups -OCH3 is 3. The lowest BCUT2D eigenvalue weighted by Gasteiger charge is -2.09. The minimum atomic E-state index is 0.519. The molecular formula is C11H12N2O3. The number of fused-ring (bicyclic) bond motifs is 1. The van der Waals surface area contributed by atoms with E-state index in [2.05, 4.69) is 9.97 Å². The van der Waals surface area contributed by atoms with Gasteiger partial charge in [0.15, 0.2) is 11.5 Å². The topological polar surface area (TPSA) is 53.5 Å². The Morgan fingerprint density at radius 2 is 1.56 bits per heavy atom. The van der Waals surface area contributed by atoms with Gasteiger partial charge in [-0.3, -0.25) is 0 Å². The average Bonchev–Trinajstić information content (AvgIpc) is 2.36. The molecule has 0 saturated heterocycles. The normalized spacial score (nSPS) is 10.2. The Kier molecular flexibility index (Phi) is 2.76. The van der Waals surface area contributed by atoms with Crippen molar-refractivity contribution in [3.05, 3.63) is 18.5 Å². The van der Waals surface area contributed by atoms with Crippen molar-refractivity contribution in [1.82, 2.24) is 9.97 Å². The highest BCUT2D eigenvalue weighted by molar-refractivity contribution is 5.86. The van der Waals surface area contributed by atoms with E-state index in [-0.39, 0.29) is 0 Å². The third-order valence-corrected chi connectivity index (χ3v) is 2.30. The summed E-state index contributed by atoms with van der Waals surface area (Å²) in [6, 6.07) is 3.59. The Hall–Kier alpha value is -2.04. The summed E-state index contributed by atoms with van der Waals surface area (Å²) in [5.41, 5.74) is 0.754. The maximum atomic E-state index is 5.21. The van der Waals surface area contributed by atoms with E-state index in [1.807, 2.05) is 0 Å². The molecule has 2 aromatic rings. The summed E-state index contributed by atoms with van der Waals surface area (Å²) < 4.78 is 15.6. The highest BCUT2D eigenvalue weighted by atomic mass is 16.5. The first kappa shape index (κ1) is 10.5. The maximum absolute atomic E-state index is 5.21. The smallest absolute Gasteiger partial charge is 0.224 e. The van der Waals surface area contributed by atoms with Crippen molar-refractivity contribution in [1.29, 1.82) is 0 Å². The predicted octanol–water partition coefficient (Wildman–Crippen LogP) is 1.66. The van der Waals surface area contributed by atoms with Crippen LogP contribution in [0.5, 0.6) is 17.4 Å². The largest absolute Gasteiger partial charge is 0.493 e. The number of rotatable bonds is 3. The molecule has 0 atom stereocenters. The van der Waals surface area contributed by atoms with Gasteiger partial charge in [-0.05, 0) is 6.07 Å². The summed E-state index contributed by atoms with van der Waals surface area (Å²) in [7, 11) is 4.74. The van der Waals surface area contributed by atoms with Crippen LogP contribution >= 0.6 is 0 Å². The average molecular weight is 220 g/mol. The Morgan fingerprint density at radius 3 is 2.19 bits per heavy atom. The summed E-state index contributed by atoms with van der Waals surface area (Å²) in [5.74, 6) is 1.78. The van der Waals surface area contributed by atoms with E-state index in [0.717, 1.165) is 10.9 Å². The number of benzene rings is 1. The van der Waals surface area contributed by atoms with Crippen molar-refractivity contribution >= 4 is 10.9 Å². The molecule has 0 aliphatic rings. The molecule has 0 unspecified atom stereocenters. The van der Waals surface area contributed by atoms with E-state index in [4.69, 9.17) is 14.2 Å². The van der Waals surface area contributed by atoms with Gasteiger partial charge in [-0.15, -0.1) is 0 Å². The second kappa shape index (κ2) is 4.22. The zero-order valence-electron chi connectivity index (χ0n) is 9.35. The van der Waals surface area contributed by atoms with Gasteiger partial charge >= 0.3 is 0 Å². The van der Waals surface area contributed by atoms with Gasteiger partial charge in [0, 0.05) is 6.07 Å². The second-order valence-corrected chi connectivity index (χ2v) is 3.11. The summed E-state index contributed by atoms with van der Waals surface area (Å²) in [6.45, 7) is 0. The molecule has 0 aliphatic carbocycles. The van der Waals surface area contributed by atoms with E-state index < -0.39 is 0 Å². The van der Waals surface area contributed by atoms with Crippen LogP contribution in [-0.2, 0) is 0 Å². The number of nitrogens with zero attached hydrogens (tertiary/aromatic N) is 2. The Bertz CT molecular complexity index is 514. The molecule has 2 rings (SSSR count). The minimum absolute atomic E-state index is 0.519. The van der Waals surface area contributed by atoms with E-state index in [1.165, 1.54) is 6.33 Å². The Labute approximate surface area is 93.0 Å². The lowest BCUT2D eigenvalue weighted by Crippen LogP contribution is -1.94. The van der Waals surface area contributed by atoms with Crippen LogP contribution < -0.4 is 14.2 Å². The van der Waals surface area contributed by atoms with Gasteiger partial charge in [-0.1, -0.05) is 0 Å². The number of hydrogen-bond acceptors (Lipinski definition) is 5. The molecule has 0 amide bonds. The van der Waals surface area contributed by atoms with Gasteiger partial charge < -0.3 is 14.2 Å². The van der Waals surface area contributed by atoms with E-state index in [1.54, 1.807) is 33.5 Å². The number of hydrogen-bond donors (Lipinski definition) is 0. The van der Waals surface area contributed by atoms with Crippen molar-refractivity contribution in [2.24, 2.45) is 0 Å². The Balaban J connectivity index is 2.72. The van der Waals surface area contributed by atoms with Crippen LogP contribution in [0.15, 0.2) is 18.5 Å². The lowest BCUT2D eigenvalue weighted by atomic mass is 10.2. The van der Waals surface area contributed by atoms with Crippen LogP contribution in [0.4, 0.5) is 0 Å². The summed E-state index contributed by atoms with van der Waals surface area (Å²) in [6.07, 6.45) is 1.45. The molecule has 0 aliphatic heterocycles. The van der Waals surface area contributed by atoms with Gasteiger partial charge in [0.25, 0.3) is 0 Å². The van der Waals surface area contributed by atoms with Crippen molar-refractivity contribution in [2.75, 3.05) is 21.3 Å². The zero-order valence-corrected chi connectivity index (χ0v) is 9.35. The quantitative estimate of drug-likeness (QED) is 0.787. The molecule has 0 fully saturated rings. The highest BCUT2D eigenvalue weighted by Crippen LogP contribution is 2.33. The molecule has 1 aromatic heterocycles. The van der Waals surface area contributed by atoms with Crippen molar-refractivity contribution in [3.63, 3.8) is 0 Å². The van der Waals surface area contributed by atoms with Crippen LogP contribution in [0, 0.1) is 0 Å². The van der Waals surface area contributed by atoms with Crippen LogP contribution in [-0.4, -0.2) is 31.3 Å². The molecule has 0 saturated carbocycles. The van der Waals surface area contributed by atoms with E-state index in [0.29, 0.717) is 17.4 Å². The predicted molar refractivity (Wildman–Crippen MR) is 59.2 cm³/mol. The fourth-order valence-corrected chi connectivity index (χ4v) is 1.52. The van der Waals surface area contributed by atoms with Crippen LogP contribution in [0.1, 0.15) is 0 Å². The van der Waals surface area contributed by atoms with E-state index >= 15 is 0 Å².